The molecule has 4 nitrogen and oxygen atoms in total. The molecule has 0 saturated carbocycles. The zero-order valence-electron chi connectivity index (χ0n) is 15.1. The van der Waals surface area contributed by atoms with Gasteiger partial charge in [0.15, 0.2) is 0 Å². The third-order valence-electron chi connectivity index (χ3n) is 4.69. The van der Waals surface area contributed by atoms with Crippen LogP contribution < -0.4 is 4.74 Å². The van der Waals surface area contributed by atoms with E-state index in [0.29, 0.717) is 18.8 Å². The summed E-state index contributed by atoms with van der Waals surface area (Å²) in [5.41, 5.74) is 0.930. The molecule has 1 aliphatic rings. The summed E-state index contributed by atoms with van der Waals surface area (Å²) in [5.74, 6) is 1.64. The molecule has 1 fully saturated rings. The molecule has 0 radical (unpaired) electrons. The molecule has 1 aliphatic heterocycles. The lowest BCUT2D eigenvalue weighted by molar-refractivity contribution is -0.129. The summed E-state index contributed by atoms with van der Waals surface area (Å²) in [6.07, 6.45) is 1.43. The number of amides is 1. The van der Waals surface area contributed by atoms with Gasteiger partial charge in [-0.2, -0.15) is 0 Å². The van der Waals surface area contributed by atoms with Crippen LogP contribution in [0.5, 0.6) is 5.88 Å². The number of para-hydroxylation sites is 1. The Bertz CT molecular complexity index is 916. The highest BCUT2D eigenvalue weighted by Gasteiger charge is 2.27. The predicted molar refractivity (Wildman–Crippen MR) is 109 cm³/mol. The van der Waals surface area contributed by atoms with E-state index in [9.17, 15) is 4.79 Å². The van der Waals surface area contributed by atoms with Gasteiger partial charge in [0.05, 0.1) is 12.1 Å². The third-order valence-corrected chi connectivity index (χ3v) is 5.70. The van der Waals surface area contributed by atoms with Crippen molar-refractivity contribution in [3.05, 3.63) is 66.7 Å². The molecule has 1 amide bonds. The van der Waals surface area contributed by atoms with Gasteiger partial charge in [0.1, 0.15) is 6.10 Å². The number of carbonyl (C=O) groups excluding carboxylic acids is 1. The number of likely N-dealkylation sites (tertiary alicyclic amines) is 1. The van der Waals surface area contributed by atoms with E-state index < -0.39 is 0 Å². The number of hydrogen-bond donors (Lipinski definition) is 0. The van der Waals surface area contributed by atoms with Crippen molar-refractivity contribution >= 4 is 28.6 Å². The zero-order valence-corrected chi connectivity index (χ0v) is 15.9. The van der Waals surface area contributed by atoms with Crippen LogP contribution in [0.25, 0.3) is 10.9 Å². The average Bonchev–Trinajstić information content (AvgIpc) is 3.17. The smallest absolute Gasteiger partial charge is 0.223 e. The highest BCUT2D eigenvalue weighted by Crippen LogP contribution is 2.22. The second kappa shape index (κ2) is 8.44. The van der Waals surface area contributed by atoms with Gasteiger partial charge in [-0.1, -0.05) is 36.4 Å². The number of ether oxygens (including phenoxy) is 1. The molecule has 0 unspecified atom stereocenters. The summed E-state index contributed by atoms with van der Waals surface area (Å²) in [6, 6.07) is 22.1. The summed E-state index contributed by atoms with van der Waals surface area (Å²) in [6.45, 7) is 1.40. The summed E-state index contributed by atoms with van der Waals surface area (Å²) < 4.78 is 6.03. The fraction of sp³-hybridized carbons (Fsp3) is 0.273. The summed E-state index contributed by atoms with van der Waals surface area (Å²) in [5, 5.41) is 1.10. The van der Waals surface area contributed by atoms with Gasteiger partial charge in [-0.15, -0.1) is 11.8 Å². The minimum Gasteiger partial charge on any atom is -0.472 e. The lowest BCUT2D eigenvalue weighted by Crippen LogP contribution is -2.31. The number of aromatic nitrogens is 1. The zero-order chi connectivity index (χ0) is 18.5. The van der Waals surface area contributed by atoms with Crippen molar-refractivity contribution in [3.63, 3.8) is 0 Å². The van der Waals surface area contributed by atoms with Crippen molar-refractivity contribution in [2.24, 2.45) is 0 Å². The molecule has 3 aromatic rings. The molecule has 5 heteroatoms. The maximum atomic E-state index is 12.4. The van der Waals surface area contributed by atoms with Crippen molar-refractivity contribution in [2.45, 2.75) is 23.8 Å². The molecule has 2 heterocycles. The normalized spacial score (nSPS) is 16.6. The van der Waals surface area contributed by atoms with Crippen LogP contribution in [-0.4, -0.2) is 40.7 Å². The highest BCUT2D eigenvalue weighted by molar-refractivity contribution is 7.99. The van der Waals surface area contributed by atoms with Gasteiger partial charge in [-0.3, -0.25) is 4.79 Å². The molecule has 4 rings (SSSR count). The SMILES string of the molecule is O=C(CCSc1ccccc1)N1CC[C@@H](Oc2ccc3ccccc3n2)C1. The third kappa shape index (κ3) is 4.61. The van der Waals surface area contributed by atoms with Crippen LogP contribution in [0.3, 0.4) is 0 Å². The van der Waals surface area contributed by atoms with Crippen molar-refractivity contribution < 1.29 is 9.53 Å². The van der Waals surface area contributed by atoms with Crippen LogP contribution in [0.15, 0.2) is 71.6 Å². The number of hydrogen-bond acceptors (Lipinski definition) is 4. The Morgan fingerprint density at radius 2 is 1.89 bits per heavy atom. The van der Waals surface area contributed by atoms with Crippen molar-refractivity contribution in [3.8, 4) is 5.88 Å². The molecule has 2 aromatic carbocycles. The fourth-order valence-corrected chi connectivity index (χ4v) is 4.13. The first-order chi connectivity index (χ1) is 13.3. The Balaban J connectivity index is 1.27. The summed E-state index contributed by atoms with van der Waals surface area (Å²) >= 11 is 1.72. The van der Waals surface area contributed by atoms with E-state index in [1.165, 1.54) is 4.90 Å². The van der Waals surface area contributed by atoms with Gasteiger partial charge >= 0.3 is 0 Å². The Labute approximate surface area is 163 Å². The van der Waals surface area contributed by atoms with E-state index >= 15 is 0 Å². The topological polar surface area (TPSA) is 42.4 Å². The van der Waals surface area contributed by atoms with Crippen molar-refractivity contribution in [1.82, 2.24) is 9.88 Å². The number of thioether (sulfide) groups is 1. The van der Waals surface area contributed by atoms with E-state index in [4.69, 9.17) is 4.74 Å². The first-order valence-corrected chi connectivity index (χ1v) is 10.2. The van der Waals surface area contributed by atoms with E-state index in [2.05, 4.69) is 17.1 Å². The van der Waals surface area contributed by atoms with E-state index in [1.807, 2.05) is 59.5 Å². The van der Waals surface area contributed by atoms with E-state index in [0.717, 1.165) is 29.6 Å². The molecule has 27 heavy (non-hydrogen) atoms. The van der Waals surface area contributed by atoms with Crippen LogP contribution >= 0.6 is 11.8 Å². The quantitative estimate of drug-likeness (QED) is 0.597. The predicted octanol–water partition coefficient (Wildman–Crippen LogP) is 4.40. The highest BCUT2D eigenvalue weighted by atomic mass is 32.2. The average molecular weight is 378 g/mol. The van der Waals surface area contributed by atoms with Gasteiger partial charge in [0, 0.05) is 41.5 Å². The number of carbonyl (C=O) groups is 1. The van der Waals surface area contributed by atoms with Crippen molar-refractivity contribution in [1.29, 1.82) is 0 Å². The maximum Gasteiger partial charge on any atom is 0.223 e. The molecule has 0 spiro atoms. The maximum absolute atomic E-state index is 12.4. The Morgan fingerprint density at radius 3 is 2.78 bits per heavy atom. The van der Waals surface area contributed by atoms with Crippen molar-refractivity contribution in [2.75, 3.05) is 18.8 Å². The summed E-state index contributed by atoms with van der Waals surface area (Å²) in [4.78, 5) is 20.1. The molecule has 1 saturated heterocycles. The second-order valence-corrected chi connectivity index (χ2v) is 7.79. The monoisotopic (exact) mass is 378 g/mol. The minimum atomic E-state index is 0.0180. The Morgan fingerprint density at radius 1 is 1.07 bits per heavy atom. The molecular weight excluding hydrogens is 356 g/mol. The molecule has 1 aromatic heterocycles. The van der Waals surface area contributed by atoms with Crippen LogP contribution in [0.1, 0.15) is 12.8 Å². The van der Waals surface area contributed by atoms with Gasteiger partial charge in [0.2, 0.25) is 11.8 Å². The standard InChI is InChI=1S/C22H22N2O2S/c25-22(13-15-27-19-7-2-1-3-8-19)24-14-12-18(16-24)26-21-11-10-17-6-4-5-9-20(17)23-21/h1-11,18H,12-16H2/t18-/m1/s1. The van der Waals surface area contributed by atoms with Crippen LogP contribution in [0.2, 0.25) is 0 Å². The second-order valence-electron chi connectivity index (χ2n) is 6.62. The lowest BCUT2D eigenvalue weighted by Gasteiger charge is -2.17. The minimum absolute atomic E-state index is 0.0180. The van der Waals surface area contributed by atoms with Gasteiger partial charge in [-0.25, -0.2) is 4.98 Å². The summed E-state index contributed by atoms with van der Waals surface area (Å²) in [7, 11) is 0. The van der Waals surface area contributed by atoms with E-state index in [1.54, 1.807) is 11.8 Å². The Kier molecular flexibility index (Phi) is 5.58. The van der Waals surface area contributed by atoms with Gasteiger partial charge < -0.3 is 9.64 Å². The van der Waals surface area contributed by atoms with E-state index in [-0.39, 0.29) is 12.0 Å². The van der Waals surface area contributed by atoms with Gasteiger partial charge in [-0.05, 0) is 24.3 Å². The first kappa shape index (κ1) is 17.9. The largest absolute Gasteiger partial charge is 0.472 e. The molecule has 0 aliphatic carbocycles. The number of rotatable bonds is 6. The number of fused-ring (bicyclic) bond motifs is 1. The molecule has 0 N–H and O–H groups in total. The van der Waals surface area contributed by atoms with Crippen LogP contribution in [0, 0.1) is 0 Å². The lowest BCUT2D eigenvalue weighted by atomic mass is 10.2. The van der Waals surface area contributed by atoms with Crippen LogP contribution in [0.4, 0.5) is 0 Å². The fourth-order valence-electron chi connectivity index (χ4n) is 3.27. The van der Waals surface area contributed by atoms with Gasteiger partial charge in [0.25, 0.3) is 0 Å². The Hall–Kier alpha value is -2.53. The van der Waals surface area contributed by atoms with Crippen LogP contribution in [-0.2, 0) is 4.79 Å². The number of benzene rings is 2. The molecular formula is C22H22N2O2S. The molecule has 0 bridgehead atoms. The molecule has 1 atom stereocenters. The number of nitrogens with zero attached hydrogens (tertiary/aromatic N) is 2. The first-order valence-electron chi connectivity index (χ1n) is 9.26. The molecule has 138 valence electrons. The number of pyridine rings is 1.